The number of aromatic nitrogens is 2. The number of carbonyl (C=O) groups is 1. The van der Waals surface area contributed by atoms with Gasteiger partial charge in [-0.15, -0.1) is 0 Å². The second-order valence-electron chi connectivity index (χ2n) is 3.35. The molecule has 0 atom stereocenters. The lowest BCUT2D eigenvalue weighted by molar-refractivity contribution is 0.0992. The minimum absolute atomic E-state index is 0.0743. The number of Topliss-reactive ketones (excluding diaryl/α,β-unsaturated/α-hetero) is 1. The average molecular weight is 216 g/mol. The topological polar surface area (TPSA) is 42.9 Å². The standard InChI is InChI=1S/C12H9FN2O/c13-11-3-1-10(2-4-11)12(16)5-9-6-14-8-15-7-9/h1-4,6-8H,5H2. The van der Waals surface area contributed by atoms with Crippen molar-refractivity contribution in [3.63, 3.8) is 0 Å². The van der Waals surface area contributed by atoms with Gasteiger partial charge in [0.25, 0.3) is 0 Å². The molecule has 0 radical (unpaired) electrons. The molecule has 80 valence electrons. The molecule has 0 amide bonds. The highest BCUT2D eigenvalue weighted by atomic mass is 19.1. The van der Waals surface area contributed by atoms with Crippen molar-refractivity contribution >= 4 is 5.78 Å². The quantitative estimate of drug-likeness (QED) is 0.737. The smallest absolute Gasteiger partial charge is 0.167 e. The fourth-order valence-corrected chi connectivity index (χ4v) is 1.34. The van der Waals surface area contributed by atoms with E-state index < -0.39 is 0 Å². The summed E-state index contributed by atoms with van der Waals surface area (Å²) >= 11 is 0. The molecular weight excluding hydrogens is 207 g/mol. The largest absolute Gasteiger partial charge is 0.294 e. The Morgan fingerprint density at radius 2 is 1.75 bits per heavy atom. The molecule has 2 aromatic rings. The first-order valence-electron chi connectivity index (χ1n) is 4.78. The maximum atomic E-state index is 12.6. The van der Waals surface area contributed by atoms with Crippen LogP contribution >= 0.6 is 0 Å². The first-order valence-corrected chi connectivity index (χ1v) is 4.78. The number of halogens is 1. The molecule has 16 heavy (non-hydrogen) atoms. The first-order chi connectivity index (χ1) is 7.75. The summed E-state index contributed by atoms with van der Waals surface area (Å²) in [6, 6.07) is 5.49. The highest BCUT2D eigenvalue weighted by Gasteiger charge is 2.07. The van der Waals surface area contributed by atoms with Crippen LogP contribution in [-0.4, -0.2) is 15.8 Å². The van der Waals surface area contributed by atoms with E-state index in [2.05, 4.69) is 9.97 Å². The van der Waals surface area contributed by atoms with Gasteiger partial charge in [0.2, 0.25) is 0 Å². The zero-order valence-corrected chi connectivity index (χ0v) is 8.43. The Balaban J connectivity index is 2.12. The number of nitrogens with zero attached hydrogens (tertiary/aromatic N) is 2. The van der Waals surface area contributed by atoms with Crippen molar-refractivity contribution in [3.8, 4) is 0 Å². The molecule has 0 aliphatic rings. The average Bonchev–Trinajstić information content (AvgIpc) is 2.31. The summed E-state index contributed by atoms with van der Waals surface area (Å²) in [5.41, 5.74) is 1.24. The highest BCUT2D eigenvalue weighted by Crippen LogP contribution is 2.07. The molecule has 0 bridgehead atoms. The third kappa shape index (κ3) is 2.48. The summed E-state index contributed by atoms with van der Waals surface area (Å²) in [4.78, 5) is 19.4. The molecule has 1 aromatic heterocycles. The van der Waals surface area contributed by atoms with Crippen LogP contribution in [0.5, 0.6) is 0 Å². The van der Waals surface area contributed by atoms with Gasteiger partial charge in [-0.1, -0.05) is 0 Å². The van der Waals surface area contributed by atoms with Crippen LogP contribution in [0, 0.1) is 5.82 Å². The Kier molecular flexibility index (Phi) is 3.00. The number of benzene rings is 1. The summed E-state index contributed by atoms with van der Waals surface area (Å²) in [5.74, 6) is -0.422. The van der Waals surface area contributed by atoms with E-state index in [9.17, 15) is 9.18 Å². The number of hydrogen-bond donors (Lipinski definition) is 0. The van der Waals surface area contributed by atoms with Gasteiger partial charge in [-0.3, -0.25) is 4.79 Å². The van der Waals surface area contributed by atoms with E-state index >= 15 is 0 Å². The van der Waals surface area contributed by atoms with Gasteiger partial charge in [-0.25, -0.2) is 14.4 Å². The number of hydrogen-bond acceptors (Lipinski definition) is 3. The Bertz CT molecular complexity index is 482. The fraction of sp³-hybridized carbons (Fsp3) is 0.0833. The predicted octanol–water partition coefficient (Wildman–Crippen LogP) is 2.04. The summed E-state index contributed by atoms with van der Waals surface area (Å²) in [5, 5.41) is 0. The summed E-state index contributed by atoms with van der Waals surface area (Å²) in [6.45, 7) is 0. The molecule has 1 aromatic carbocycles. The van der Waals surface area contributed by atoms with E-state index in [0.717, 1.165) is 5.56 Å². The van der Waals surface area contributed by atoms with Crippen LogP contribution in [-0.2, 0) is 6.42 Å². The van der Waals surface area contributed by atoms with Crippen LogP contribution in [0.3, 0.4) is 0 Å². The Labute approximate surface area is 92.0 Å². The van der Waals surface area contributed by atoms with Crippen molar-refractivity contribution < 1.29 is 9.18 Å². The van der Waals surface area contributed by atoms with Gasteiger partial charge in [-0.2, -0.15) is 0 Å². The van der Waals surface area contributed by atoms with Crippen molar-refractivity contribution in [1.29, 1.82) is 0 Å². The third-order valence-corrected chi connectivity index (χ3v) is 2.14. The van der Waals surface area contributed by atoms with Crippen LogP contribution in [0.2, 0.25) is 0 Å². The second-order valence-corrected chi connectivity index (χ2v) is 3.35. The minimum atomic E-state index is -0.348. The Hall–Kier alpha value is -2.10. The minimum Gasteiger partial charge on any atom is -0.294 e. The zero-order valence-electron chi connectivity index (χ0n) is 8.43. The summed E-state index contributed by atoms with van der Waals surface area (Å²) in [6.07, 6.45) is 4.82. The molecule has 2 rings (SSSR count). The number of ketones is 1. The first kappa shape index (κ1) is 10.4. The fourth-order valence-electron chi connectivity index (χ4n) is 1.34. The Morgan fingerprint density at radius 3 is 2.38 bits per heavy atom. The second kappa shape index (κ2) is 4.61. The molecule has 0 aliphatic heterocycles. The van der Waals surface area contributed by atoms with E-state index in [1.54, 1.807) is 12.4 Å². The number of carbonyl (C=O) groups excluding carboxylic acids is 1. The van der Waals surface area contributed by atoms with Crippen LogP contribution in [0.25, 0.3) is 0 Å². The van der Waals surface area contributed by atoms with E-state index in [1.807, 2.05) is 0 Å². The van der Waals surface area contributed by atoms with Crippen molar-refractivity contribution in [2.75, 3.05) is 0 Å². The number of rotatable bonds is 3. The van der Waals surface area contributed by atoms with E-state index in [0.29, 0.717) is 5.56 Å². The summed E-state index contributed by atoms with van der Waals surface area (Å²) in [7, 11) is 0. The third-order valence-electron chi connectivity index (χ3n) is 2.14. The van der Waals surface area contributed by atoms with Gasteiger partial charge in [0, 0.05) is 24.4 Å². The van der Waals surface area contributed by atoms with Gasteiger partial charge in [0.15, 0.2) is 5.78 Å². The van der Waals surface area contributed by atoms with Crippen molar-refractivity contribution in [3.05, 3.63) is 59.9 Å². The molecular formula is C12H9FN2O. The molecule has 0 spiro atoms. The molecule has 0 N–H and O–H groups in total. The molecule has 0 fully saturated rings. The maximum absolute atomic E-state index is 12.6. The van der Waals surface area contributed by atoms with Gasteiger partial charge < -0.3 is 0 Å². The molecule has 0 saturated heterocycles. The van der Waals surface area contributed by atoms with Crippen molar-refractivity contribution in [1.82, 2.24) is 9.97 Å². The van der Waals surface area contributed by atoms with Gasteiger partial charge >= 0.3 is 0 Å². The van der Waals surface area contributed by atoms with E-state index in [1.165, 1.54) is 30.6 Å². The van der Waals surface area contributed by atoms with E-state index in [4.69, 9.17) is 0 Å². The SMILES string of the molecule is O=C(Cc1cncnc1)c1ccc(F)cc1. The molecule has 0 unspecified atom stereocenters. The monoisotopic (exact) mass is 216 g/mol. The maximum Gasteiger partial charge on any atom is 0.167 e. The van der Waals surface area contributed by atoms with E-state index in [-0.39, 0.29) is 18.0 Å². The predicted molar refractivity (Wildman–Crippen MR) is 56.5 cm³/mol. The zero-order chi connectivity index (χ0) is 11.4. The molecule has 0 saturated carbocycles. The Morgan fingerprint density at radius 1 is 1.12 bits per heavy atom. The normalized spacial score (nSPS) is 10.1. The summed E-state index contributed by atoms with van der Waals surface area (Å²) < 4.78 is 12.6. The van der Waals surface area contributed by atoms with Gasteiger partial charge in [-0.05, 0) is 29.8 Å². The lowest BCUT2D eigenvalue weighted by atomic mass is 10.1. The molecule has 1 heterocycles. The van der Waals surface area contributed by atoms with Crippen LogP contribution in [0.1, 0.15) is 15.9 Å². The molecule has 0 aliphatic carbocycles. The molecule has 3 nitrogen and oxygen atoms in total. The van der Waals surface area contributed by atoms with Gasteiger partial charge in [0.1, 0.15) is 12.1 Å². The van der Waals surface area contributed by atoms with Crippen LogP contribution in [0.15, 0.2) is 43.0 Å². The van der Waals surface area contributed by atoms with Crippen LogP contribution in [0.4, 0.5) is 4.39 Å². The molecule has 4 heteroatoms. The van der Waals surface area contributed by atoms with Gasteiger partial charge in [0.05, 0.1) is 0 Å². The highest BCUT2D eigenvalue weighted by molar-refractivity contribution is 5.97. The van der Waals surface area contributed by atoms with Crippen molar-refractivity contribution in [2.45, 2.75) is 6.42 Å². The lowest BCUT2D eigenvalue weighted by Gasteiger charge is -2.00. The van der Waals surface area contributed by atoms with Crippen LogP contribution < -0.4 is 0 Å². The van der Waals surface area contributed by atoms with Crippen molar-refractivity contribution in [2.24, 2.45) is 0 Å². The lowest BCUT2D eigenvalue weighted by Crippen LogP contribution is -2.04.